The molecule has 0 radical (unpaired) electrons. The van der Waals surface area contributed by atoms with Gasteiger partial charge >= 0.3 is 5.97 Å². The third-order valence-electron chi connectivity index (χ3n) is 2.40. The average molecular weight is 251 g/mol. The summed E-state index contributed by atoms with van der Waals surface area (Å²) in [6.45, 7) is 0.475. The number of carbonyl (C=O) groups is 2. The predicted molar refractivity (Wildman–Crippen MR) is 66.3 cm³/mol. The Morgan fingerprint density at radius 3 is 2.72 bits per heavy atom. The van der Waals surface area contributed by atoms with Crippen LogP contribution < -0.4 is 10.1 Å². The van der Waals surface area contributed by atoms with Crippen molar-refractivity contribution in [2.75, 3.05) is 20.8 Å². The van der Waals surface area contributed by atoms with Gasteiger partial charge in [0.05, 0.1) is 14.2 Å². The summed E-state index contributed by atoms with van der Waals surface area (Å²) >= 11 is 0. The van der Waals surface area contributed by atoms with Crippen LogP contribution in [0.2, 0.25) is 0 Å². The van der Waals surface area contributed by atoms with E-state index >= 15 is 0 Å². The molecule has 0 heterocycles. The number of ether oxygens (including phenoxy) is 2. The predicted octanol–water partition coefficient (Wildman–Crippen LogP) is 0.917. The second kappa shape index (κ2) is 7.32. The quantitative estimate of drug-likeness (QED) is 0.603. The van der Waals surface area contributed by atoms with Crippen LogP contribution in [0.25, 0.3) is 0 Å². The van der Waals surface area contributed by atoms with Crippen molar-refractivity contribution in [1.82, 2.24) is 5.32 Å². The van der Waals surface area contributed by atoms with Gasteiger partial charge in [0, 0.05) is 6.54 Å². The maximum absolute atomic E-state index is 11.3. The zero-order chi connectivity index (χ0) is 13.4. The van der Waals surface area contributed by atoms with E-state index in [1.165, 1.54) is 7.11 Å². The number of hydrogen-bond donors (Lipinski definition) is 1. The molecule has 0 bridgehead atoms. The summed E-state index contributed by atoms with van der Waals surface area (Å²) < 4.78 is 9.50. The van der Waals surface area contributed by atoms with Gasteiger partial charge in [0.25, 0.3) is 0 Å². The number of rotatable bonds is 6. The Morgan fingerprint density at radius 1 is 1.28 bits per heavy atom. The fourth-order valence-electron chi connectivity index (χ4n) is 1.44. The standard InChI is InChI=1S/C13H17NO4/c1-17-11-5-3-4-10(8-11)6-7-14-12(15)9-13(16)18-2/h3-5,8H,6-7,9H2,1-2H3,(H,14,15). The van der Waals surface area contributed by atoms with Crippen molar-refractivity contribution < 1.29 is 19.1 Å². The Kier molecular flexibility index (Phi) is 5.70. The third kappa shape index (κ3) is 4.86. The Labute approximate surface area is 106 Å². The summed E-state index contributed by atoms with van der Waals surface area (Å²) in [6.07, 6.45) is 0.443. The number of hydrogen-bond acceptors (Lipinski definition) is 4. The number of nitrogens with one attached hydrogen (secondary N) is 1. The third-order valence-corrected chi connectivity index (χ3v) is 2.40. The Hall–Kier alpha value is -2.04. The van der Waals surface area contributed by atoms with Crippen molar-refractivity contribution >= 4 is 11.9 Å². The van der Waals surface area contributed by atoms with Gasteiger partial charge in [-0.15, -0.1) is 0 Å². The van der Waals surface area contributed by atoms with E-state index in [0.717, 1.165) is 11.3 Å². The highest BCUT2D eigenvalue weighted by Gasteiger charge is 2.08. The van der Waals surface area contributed by atoms with E-state index in [0.29, 0.717) is 13.0 Å². The summed E-state index contributed by atoms with van der Waals surface area (Å²) in [6, 6.07) is 7.62. The zero-order valence-corrected chi connectivity index (χ0v) is 10.6. The van der Waals surface area contributed by atoms with E-state index in [9.17, 15) is 9.59 Å². The number of amides is 1. The monoisotopic (exact) mass is 251 g/mol. The minimum absolute atomic E-state index is 0.241. The maximum atomic E-state index is 11.3. The van der Waals surface area contributed by atoms with Crippen molar-refractivity contribution in [2.45, 2.75) is 12.8 Å². The van der Waals surface area contributed by atoms with E-state index in [2.05, 4.69) is 10.1 Å². The number of esters is 1. The first-order valence-corrected chi connectivity index (χ1v) is 5.62. The van der Waals surface area contributed by atoms with Crippen LogP contribution in [0.3, 0.4) is 0 Å². The second-order valence-electron chi connectivity index (χ2n) is 3.70. The topological polar surface area (TPSA) is 64.6 Å². The fraction of sp³-hybridized carbons (Fsp3) is 0.385. The van der Waals surface area contributed by atoms with Crippen LogP contribution in [-0.4, -0.2) is 32.6 Å². The largest absolute Gasteiger partial charge is 0.497 e. The lowest BCUT2D eigenvalue weighted by Gasteiger charge is -2.06. The van der Waals surface area contributed by atoms with Crippen molar-refractivity contribution in [1.29, 1.82) is 0 Å². The van der Waals surface area contributed by atoms with Crippen LogP contribution >= 0.6 is 0 Å². The van der Waals surface area contributed by atoms with E-state index in [-0.39, 0.29) is 12.3 Å². The van der Waals surface area contributed by atoms with Gasteiger partial charge in [-0.25, -0.2) is 0 Å². The first-order valence-electron chi connectivity index (χ1n) is 5.62. The molecule has 0 spiro atoms. The molecule has 1 N–H and O–H groups in total. The number of methoxy groups -OCH3 is 2. The molecule has 0 saturated heterocycles. The summed E-state index contributed by atoms with van der Waals surface area (Å²) in [5, 5.41) is 2.65. The molecule has 1 aromatic carbocycles. The molecule has 5 nitrogen and oxygen atoms in total. The molecule has 1 rings (SSSR count). The van der Waals surface area contributed by atoms with E-state index < -0.39 is 5.97 Å². The average Bonchev–Trinajstić information content (AvgIpc) is 2.38. The maximum Gasteiger partial charge on any atom is 0.315 e. The Morgan fingerprint density at radius 2 is 2.06 bits per heavy atom. The van der Waals surface area contributed by atoms with E-state index in [1.54, 1.807) is 7.11 Å². The summed E-state index contributed by atoms with van der Waals surface area (Å²) in [4.78, 5) is 22.1. The van der Waals surface area contributed by atoms with Crippen molar-refractivity contribution in [3.8, 4) is 5.75 Å². The molecule has 98 valence electrons. The van der Waals surface area contributed by atoms with Crippen molar-refractivity contribution in [3.05, 3.63) is 29.8 Å². The molecule has 0 atom stereocenters. The van der Waals surface area contributed by atoms with Gasteiger partial charge in [0.2, 0.25) is 5.91 Å². The van der Waals surface area contributed by atoms with Crippen LogP contribution in [0.4, 0.5) is 0 Å². The highest BCUT2D eigenvalue weighted by atomic mass is 16.5. The normalized spacial score (nSPS) is 9.67. The van der Waals surface area contributed by atoms with Crippen LogP contribution in [0.1, 0.15) is 12.0 Å². The molecule has 0 aromatic heterocycles. The van der Waals surface area contributed by atoms with Gasteiger partial charge in [-0.2, -0.15) is 0 Å². The summed E-state index contributed by atoms with van der Waals surface area (Å²) in [7, 11) is 2.86. The molecule has 0 aliphatic heterocycles. The molecule has 1 amide bonds. The SMILES string of the molecule is COC(=O)CC(=O)NCCc1cccc(OC)c1. The van der Waals surface area contributed by atoms with Crippen LogP contribution in [0.5, 0.6) is 5.75 Å². The zero-order valence-electron chi connectivity index (χ0n) is 10.6. The number of benzene rings is 1. The highest BCUT2D eigenvalue weighted by Crippen LogP contribution is 2.12. The molecule has 18 heavy (non-hydrogen) atoms. The smallest absolute Gasteiger partial charge is 0.315 e. The summed E-state index contributed by atoms with van der Waals surface area (Å²) in [5.41, 5.74) is 1.06. The van der Waals surface area contributed by atoms with Crippen molar-refractivity contribution in [3.63, 3.8) is 0 Å². The summed E-state index contributed by atoms with van der Waals surface area (Å²) in [5.74, 6) is -0.0768. The van der Waals surface area contributed by atoms with Crippen LogP contribution in [0.15, 0.2) is 24.3 Å². The lowest BCUT2D eigenvalue weighted by Crippen LogP contribution is -2.28. The molecular weight excluding hydrogens is 234 g/mol. The Bertz CT molecular complexity index is 417. The van der Waals surface area contributed by atoms with E-state index in [4.69, 9.17) is 4.74 Å². The van der Waals surface area contributed by atoms with Gasteiger partial charge in [-0.1, -0.05) is 12.1 Å². The van der Waals surface area contributed by atoms with Gasteiger partial charge in [-0.05, 0) is 24.1 Å². The van der Waals surface area contributed by atoms with Gasteiger partial charge in [0.15, 0.2) is 0 Å². The highest BCUT2D eigenvalue weighted by molar-refractivity contribution is 5.94. The van der Waals surface area contributed by atoms with Crippen LogP contribution in [-0.2, 0) is 20.7 Å². The second-order valence-corrected chi connectivity index (χ2v) is 3.70. The molecule has 5 heteroatoms. The van der Waals surface area contributed by atoms with Crippen molar-refractivity contribution in [2.24, 2.45) is 0 Å². The van der Waals surface area contributed by atoms with Gasteiger partial charge in [0.1, 0.15) is 12.2 Å². The molecular formula is C13H17NO4. The molecule has 0 saturated carbocycles. The lowest BCUT2D eigenvalue weighted by atomic mass is 10.1. The molecule has 0 unspecified atom stereocenters. The van der Waals surface area contributed by atoms with Gasteiger partial charge in [-0.3, -0.25) is 9.59 Å². The first-order chi connectivity index (χ1) is 8.65. The fourth-order valence-corrected chi connectivity index (χ4v) is 1.44. The minimum Gasteiger partial charge on any atom is -0.497 e. The first kappa shape index (κ1) is 14.0. The lowest BCUT2D eigenvalue weighted by molar-refractivity contribution is -0.143. The van der Waals surface area contributed by atoms with Crippen LogP contribution in [0, 0.1) is 0 Å². The number of carbonyl (C=O) groups excluding carboxylic acids is 2. The molecule has 0 aliphatic rings. The Balaban J connectivity index is 2.32. The minimum atomic E-state index is -0.533. The molecule has 0 fully saturated rings. The van der Waals surface area contributed by atoms with Gasteiger partial charge < -0.3 is 14.8 Å². The molecule has 1 aromatic rings. The van der Waals surface area contributed by atoms with E-state index in [1.807, 2.05) is 24.3 Å². The molecule has 0 aliphatic carbocycles.